The summed E-state index contributed by atoms with van der Waals surface area (Å²) in [6, 6.07) is 13.5. The summed E-state index contributed by atoms with van der Waals surface area (Å²) in [6.07, 6.45) is 6.61. The molecule has 8 aromatic rings. The van der Waals surface area contributed by atoms with Gasteiger partial charge in [-0.05, 0) is 48.5 Å². The number of fused-ring (bicyclic) bond motifs is 8. The van der Waals surface area contributed by atoms with Crippen LogP contribution in [-0.2, 0) is 25.7 Å². The van der Waals surface area contributed by atoms with Crippen LogP contribution in [0.4, 0.5) is 43.3 Å². The van der Waals surface area contributed by atoms with Gasteiger partial charge in [0.05, 0.1) is 22.7 Å². The normalized spacial score (nSPS) is 13.1. The first-order chi connectivity index (χ1) is 29.3. The molecule has 0 radical (unpaired) electrons. The van der Waals surface area contributed by atoms with Crippen LogP contribution in [-0.4, -0.2) is 40.4 Å². The summed E-state index contributed by atoms with van der Waals surface area (Å²) in [5.41, 5.74) is 4.95. The average molecular weight is 869 g/mol. The van der Waals surface area contributed by atoms with Crippen molar-refractivity contribution < 1.29 is 20.4 Å². The number of nitrogens with zero attached hydrogens (tertiary/aromatic N) is 12. The highest BCUT2D eigenvalue weighted by molar-refractivity contribution is 7.14. The molecule has 1 aliphatic rings. The first-order valence-electron chi connectivity index (χ1n) is 18.0. The third-order valence-electron chi connectivity index (χ3n) is 9.22. The molecular formula is C40H28N12O4S4. The van der Waals surface area contributed by atoms with E-state index in [1.54, 1.807) is 94.8 Å². The monoisotopic (exact) mass is 868 g/mol. The quantitative estimate of drug-likeness (QED) is 0.107. The lowest BCUT2D eigenvalue weighted by Crippen LogP contribution is -2.01. The summed E-state index contributed by atoms with van der Waals surface area (Å²) >= 11 is 5.29. The molecule has 20 heteroatoms. The second kappa shape index (κ2) is 17.1. The molecule has 0 fully saturated rings. The van der Waals surface area contributed by atoms with Crippen molar-refractivity contribution in [1.82, 2.24) is 19.9 Å². The Bertz CT molecular complexity index is 2440. The maximum Gasteiger partial charge on any atom is 0.229 e. The Morgan fingerprint density at radius 3 is 0.683 bits per heavy atom. The van der Waals surface area contributed by atoms with Gasteiger partial charge in [-0.25, -0.2) is 19.9 Å². The fraction of sp³-hybridized carbons (Fsp3) is 0.100. The lowest BCUT2D eigenvalue weighted by molar-refractivity contribution is 0.450. The maximum absolute atomic E-state index is 12.0. The highest BCUT2D eigenvalue weighted by atomic mass is 32.1. The predicted molar refractivity (Wildman–Crippen MR) is 229 cm³/mol. The highest BCUT2D eigenvalue weighted by Gasteiger charge is 2.22. The van der Waals surface area contributed by atoms with Crippen LogP contribution >= 0.6 is 45.3 Å². The number of benzene rings is 4. The van der Waals surface area contributed by atoms with Crippen LogP contribution in [0.2, 0.25) is 0 Å². The van der Waals surface area contributed by atoms with E-state index in [0.717, 1.165) is 0 Å². The van der Waals surface area contributed by atoms with Crippen molar-refractivity contribution in [3.63, 3.8) is 0 Å². The third kappa shape index (κ3) is 8.71. The largest absolute Gasteiger partial charge is 0.507 e. The summed E-state index contributed by atoms with van der Waals surface area (Å²) in [5.74, 6) is -0.278. The first-order valence-corrected chi connectivity index (χ1v) is 21.5. The van der Waals surface area contributed by atoms with Crippen molar-refractivity contribution in [2.24, 2.45) is 40.9 Å². The minimum absolute atomic E-state index is 0.0253. The Labute approximate surface area is 356 Å². The van der Waals surface area contributed by atoms with E-state index < -0.39 is 0 Å². The number of phenols is 4. The Hall–Kier alpha value is -7.00. The van der Waals surface area contributed by atoms with Gasteiger partial charge in [0.1, 0.15) is 23.0 Å². The van der Waals surface area contributed by atoms with E-state index in [1.165, 1.54) is 45.3 Å². The second-order valence-electron chi connectivity index (χ2n) is 13.2. The molecule has 0 saturated heterocycles. The lowest BCUT2D eigenvalue weighted by Gasteiger charge is -2.18. The Morgan fingerprint density at radius 1 is 0.317 bits per heavy atom. The van der Waals surface area contributed by atoms with Crippen molar-refractivity contribution in [3.8, 4) is 23.0 Å². The van der Waals surface area contributed by atoms with Gasteiger partial charge in [-0.1, -0.05) is 0 Å². The number of thiazole rings is 4. The van der Waals surface area contributed by atoms with Crippen LogP contribution < -0.4 is 0 Å². The minimum atomic E-state index is -0.0695. The summed E-state index contributed by atoms with van der Waals surface area (Å²) in [6.45, 7) is 0. The SMILES string of the molecule is Oc1c2cc(N=Nc3nccs3)cc1Cc1cc(N=Nc3nccs3)cc(c1O)Cc1cc(N=Nc3nccs3)cc(c1O)Cc1cc(N=Nc3nccs3)cc(c1O)C2. The topological polar surface area (TPSA) is 231 Å². The number of hydrogen-bond acceptors (Lipinski definition) is 20. The van der Waals surface area contributed by atoms with E-state index in [0.29, 0.717) is 87.8 Å². The van der Waals surface area contributed by atoms with Gasteiger partial charge in [-0.15, -0.1) is 86.3 Å². The van der Waals surface area contributed by atoms with Gasteiger partial charge in [-0.3, -0.25) is 0 Å². The van der Waals surface area contributed by atoms with Crippen LogP contribution in [0.5, 0.6) is 23.0 Å². The van der Waals surface area contributed by atoms with Gasteiger partial charge in [0.15, 0.2) is 0 Å². The van der Waals surface area contributed by atoms with Crippen molar-refractivity contribution in [1.29, 1.82) is 0 Å². The summed E-state index contributed by atoms with van der Waals surface area (Å²) in [7, 11) is 0. The number of hydrogen-bond donors (Lipinski definition) is 4. The van der Waals surface area contributed by atoms with Crippen molar-refractivity contribution >= 4 is 88.6 Å². The second-order valence-corrected chi connectivity index (χ2v) is 16.7. The molecule has 296 valence electrons. The molecule has 0 unspecified atom stereocenters. The molecule has 1 aliphatic carbocycles. The number of rotatable bonds is 8. The van der Waals surface area contributed by atoms with E-state index >= 15 is 0 Å². The molecule has 0 amide bonds. The number of aromatic nitrogens is 4. The molecule has 4 aromatic heterocycles. The Kier molecular flexibility index (Phi) is 11.0. The fourth-order valence-electron chi connectivity index (χ4n) is 6.56. The lowest BCUT2D eigenvalue weighted by atomic mass is 9.90. The molecule has 4 heterocycles. The molecular weight excluding hydrogens is 841 g/mol. The van der Waals surface area contributed by atoms with Gasteiger partial charge < -0.3 is 20.4 Å². The van der Waals surface area contributed by atoms with Gasteiger partial charge in [0.25, 0.3) is 0 Å². The van der Waals surface area contributed by atoms with Crippen LogP contribution in [0.1, 0.15) is 44.5 Å². The van der Waals surface area contributed by atoms with Crippen LogP contribution in [0.25, 0.3) is 0 Å². The molecule has 8 bridgehead atoms. The molecule has 16 nitrogen and oxygen atoms in total. The summed E-state index contributed by atoms with van der Waals surface area (Å²) < 4.78 is 0. The molecule has 60 heavy (non-hydrogen) atoms. The van der Waals surface area contributed by atoms with Crippen LogP contribution in [0, 0.1) is 0 Å². The van der Waals surface area contributed by atoms with E-state index in [4.69, 9.17) is 0 Å². The van der Waals surface area contributed by atoms with Gasteiger partial charge >= 0.3 is 0 Å². The van der Waals surface area contributed by atoms with Crippen LogP contribution in [0.3, 0.4) is 0 Å². The summed E-state index contributed by atoms with van der Waals surface area (Å²) in [5, 5.41) is 91.8. The van der Waals surface area contributed by atoms with E-state index in [2.05, 4.69) is 60.8 Å². The number of azo groups is 4. The zero-order valence-corrected chi connectivity index (χ0v) is 34.1. The molecule has 0 saturated carbocycles. The van der Waals surface area contributed by atoms with Gasteiger partial charge in [0.2, 0.25) is 20.5 Å². The van der Waals surface area contributed by atoms with Crippen LogP contribution in [0.15, 0.2) is 136 Å². The number of aromatic hydroxyl groups is 4. The molecule has 0 spiro atoms. The molecule has 4 aromatic carbocycles. The summed E-state index contributed by atoms with van der Waals surface area (Å²) in [4.78, 5) is 16.8. The first kappa shape index (κ1) is 38.5. The average Bonchev–Trinajstić information content (AvgIpc) is 4.10. The van der Waals surface area contributed by atoms with Gasteiger partial charge in [0, 0.05) is 116 Å². The standard InChI is InChI=1S/C40H28N12O4S4/c53-33-21-9-23-15-30(46-50-38-42-2-6-58-38)17-25(34(23)54)11-27-19-32(48-52-40-44-4-8-60-40)20-28(36(27)56)12-26-18-31(47-51-39-43-3-7-59-39)16-24(35(26)55)10-22(33)14-29(13-21)45-49-37-41-1-5-57-37/h1-8,13-20,53-56H,9-12H2. The zero-order valence-electron chi connectivity index (χ0n) is 30.9. The van der Waals surface area contributed by atoms with Crippen molar-refractivity contribution in [2.75, 3.05) is 0 Å². The molecule has 0 atom stereocenters. The Morgan fingerprint density at radius 2 is 0.517 bits per heavy atom. The fourth-order valence-corrected chi connectivity index (χ4v) is 8.37. The van der Waals surface area contributed by atoms with E-state index in [1.807, 2.05) is 0 Å². The van der Waals surface area contributed by atoms with E-state index in [9.17, 15) is 20.4 Å². The van der Waals surface area contributed by atoms with Gasteiger partial charge in [-0.2, -0.15) is 0 Å². The Balaban J connectivity index is 1.24. The molecule has 4 N–H and O–H groups in total. The highest BCUT2D eigenvalue weighted by Crippen LogP contribution is 2.43. The van der Waals surface area contributed by atoms with Crippen molar-refractivity contribution in [2.45, 2.75) is 25.7 Å². The number of phenolic OH excluding ortho intramolecular Hbond substituents is 4. The molecule has 0 aliphatic heterocycles. The smallest absolute Gasteiger partial charge is 0.229 e. The third-order valence-corrected chi connectivity index (χ3v) is 11.8. The van der Waals surface area contributed by atoms with E-state index in [-0.39, 0.29) is 48.7 Å². The van der Waals surface area contributed by atoms with Crippen molar-refractivity contribution in [3.05, 3.63) is 139 Å². The molecule has 9 rings (SSSR count). The zero-order chi connectivity index (χ0) is 41.0. The maximum atomic E-state index is 12.0. The minimum Gasteiger partial charge on any atom is -0.507 e. The predicted octanol–water partition coefficient (Wildman–Crippen LogP) is 12.7.